The highest BCUT2D eigenvalue weighted by molar-refractivity contribution is 9.10. The molecular weight excluding hydrogens is 430 g/mol. The quantitative estimate of drug-likeness (QED) is 0.559. The Balaban J connectivity index is 1.49. The molecule has 0 spiro atoms. The topological polar surface area (TPSA) is 65.8 Å². The molecule has 0 bridgehead atoms. The van der Waals surface area contributed by atoms with Crippen molar-refractivity contribution in [3.8, 4) is 16.6 Å². The van der Waals surface area contributed by atoms with Crippen LogP contribution in [0.4, 0.5) is 5.69 Å². The summed E-state index contributed by atoms with van der Waals surface area (Å²) < 4.78 is 1.03. The predicted octanol–water partition coefficient (Wildman–Crippen LogP) is 5.32. The molecule has 2 aromatic carbocycles. The minimum atomic E-state index is -0.0675. The van der Waals surface area contributed by atoms with E-state index in [1.807, 2.05) is 29.6 Å². The number of benzene rings is 2. The molecule has 0 fully saturated rings. The third-order valence-corrected chi connectivity index (χ3v) is 5.80. The first-order chi connectivity index (χ1) is 12.6. The van der Waals surface area contributed by atoms with Crippen molar-refractivity contribution >= 4 is 50.6 Å². The van der Waals surface area contributed by atoms with Gasteiger partial charge in [-0.3, -0.25) is 4.79 Å². The molecule has 130 valence electrons. The van der Waals surface area contributed by atoms with Gasteiger partial charge in [0.1, 0.15) is 5.01 Å². The lowest BCUT2D eigenvalue weighted by atomic mass is 10.2. The molecule has 26 heavy (non-hydrogen) atoms. The first-order valence-corrected chi connectivity index (χ1v) is 10.5. The monoisotopic (exact) mass is 443 g/mol. The Hall–Kier alpha value is -2.14. The Morgan fingerprint density at radius 1 is 1.27 bits per heavy atom. The van der Waals surface area contributed by atoms with E-state index in [-0.39, 0.29) is 5.91 Å². The van der Waals surface area contributed by atoms with E-state index in [1.54, 1.807) is 35.6 Å². The van der Waals surface area contributed by atoms with E-state index in [9.17, 15) is 4.79 Å². The number of aromatic nitrogens is 1. The summed E-state index contributed by atoms with van der Waals surface area (Å²) in [5.41, 5.74) is 3.32. The second-order valence-electron chi connectivity index (χ2n) is 5.38. The molecule has 0 saturated heterocycles. The first kappa shape index (κ1) is 18.6. The SMILES string of the molecule is N#Cc1ccc(NC(=O)CSCc2csc(-c3cccc(Br)c3)n2)cc1. The van der Waals surface area contributed by atoms with Crippen LogP contribution in [0, 0.1) is 11.3 Å². The van der Waals surface area contributed by atoms with Gasteiger partial charge in [0.2, 0.25) is 5.91 Å². The molecule has 0 aliphatic carbocycles. The molecule has 0 atom stereocenters. The Morgan fingerprint density at radius 2 is 2.08 bits per heavy atom. The van der Waals surface area contributed by atoms with Crippen LogP contribution >= 0.6 is 39.0 Å². The zero-order chi connectivity index (χ0) is 18.4. The van der Waals surface area contributed by atoms with Crippen molar-refractivity contribution in [2.45, 2.75) is 5.75 Å². The second-order valence-corrected chi connectivity index (χ2v) is 8.14. The summed E-state index contributed by atoms with van der Waals surface area (Å²) in [6.45, 7) is 0. The number of rotatable bonds is 6. The fourth-order valence-electron chi connectivity index (χ4n) is 2.20. The van der Waals surface area contributed by atoms with Crippen molar-refractivity contribution in [1.82, 2.24) is 4.98 Å². The number of anilines is 1. The predicted molar refractivity (Wildman–Crippen MR) is 111 cm³/mol. The summed E-state index contributed by atoms with van der Waals surface area (Å²) in [7, 11) is 0. The highest BCUT2D eigenvalue weighted by atomic mass is 79.9. The van der Waals surface area contributed by atoms with Crippen LogP contribution in [0.25, 0.3) is 10.6 Å². The van der Waals surface area contributed by atoms with Crippen LogP contribution in [-0.2, 0) is 10.5 Å². The minimum absolute atomic E-state index is 0.0675. The maximum Gasteiger partial charge on any atom is 0.234 e. The van der Waals surface area contributed by atoms with E-state index < -0.39 is 0 Å². The number of nitrogens with zero attached hydrogens (tertiary/aromatic N) is 2. The van der Waals surface area contributed by atoms with Crippen molar-refractivity contribution in [2.24, 2.45) is 0 Å². The summed E-state index contributed by atoms with van der Waals surface area (Å²) >= 11 is 6.60. The number of carbonyl (C=O) groups excluding carboxylic acids is 1. The summed E-state index contributed by atoms with van der Waals surface area (Å²) in [4.78, 5) is 16.6. The van der Waals surface area contributed by atoms with Crippen molar-refractivity contribution < 1.29 is 4.79 Å². The van der Waals surface area contributed by atoms with Gasteiger partial charge in [0.15, 0.2) is 0 Å². The van der Waals surface area contributed by atoms with E-state index in [2.05, 4.69) is 32.3 Å². The lowest BCUT2D eigenvalue weighted by Gasteiger charge is -2.04. The fourth-order valence-corrected chi connectivity index (χ4v) is 4.24. The van der Waals surface area contributed by atoms with Crippen molar-refractivity contribution in [2.75, 3.05) is 11.1 Å². The summed E-state index contributed by atoms with van der Waals surface area (Å²) in [6.07, 6.45) is 0. The number of hydrogen-bond donors (Lipinski definition) is 1. The Labute approximate surface area is 168 Å². The van der Waals surface area contributed by atoms with Gasteiger partial charge in [-0.25, -0.2) is 4.98 Å². The number of hydrogen-bond acceptors (Lipinski definition) is 5. The van der Waals surface area contributed by atoms with Crippen LogP contribution < -0.4 is 5.32 Å². The molecule has 1 aromatic heterocycles. The van der Waals surface area contributed by atoms with Crippen molar-refractivity contribution in [1.29, 1.82) is 5.26 Å². The number of halogens is 1. The number of nitrogens with one attached hydrogen (secondary N) is 1. The third kappa shape index (κ3) is 5.18. The van der Waals surface area contributed by atoms with E-state index in [0.29, 0.717) is 22.8 Å². The van der Waals surface area contributed by atoms with E-state index in [0.717, 1.165) is 20.7 Å². The molecule has 3 aromatic rings. The smallest absolute Gasteiger partial charge is 0.234 e. The van der Waals surface area contributed by atoms with Crippen LogP contribution in [0.5, 0.6) is 0 Å². The molecule has 4 nitrogen and oxygen atoms in total. The normalized spacial score (nSPS) is 10.3. The lowest BCUT2D eigenvalue weighted by Crippen LogP contribution is -2.14. The van der Waals surface area contributed by atoms with E-state index >= 15 is 0 Å². The first-order valence-electron chi connectivity index (χ1n) is 7.72. The Kier molecular flexibility index (Phi) is 6.45. The largest absolute Gasteiger partial charge is 0.325 e. The second kappa shape index (κ2) is 8.99. The number of carbonyl (C=O) groups is 1. The van der Waals surface area contributed by atoms with Gasteiger partial charge in [0.25, 0.3) is 0 Å². The van der Waals surface area contributed by atoms with Gasteiger partial charge < -0.3 is 5.32 Å². The minimum Gasteiger partial charge on any atom is -0.325 e. The van der Waals surface area contributed by atoms with Crippen LogP contribution in [0.1, 0.15) is 11.3 Å². The van der Waals surface area contributed by atoms with Gasteiger partial charge in [-0.1, -0.05) is 28.1 Å². The maximum atomic E-state index is 12.0. The molecule has 0 aliphatic rings. The van der Waals surface area contributed by atoms with E-state index in [1.165, 1.54) is 11.8 Å². The standard InChI is InChI=1S/C19H14BrN3OS2/c20-15-3-1-2-14(8-15)19-23-17(11-26-19)10-25-12-18(24)22-16-6-4-13(9-21)5-7-16/h1-8,11H,10,12H2,(H,22,24). The summed E-state index contributed by atoms with van der Waals surface area (Å²) in [5, 5.41) is 14.6. The molecule has 0 unspecified atom stereocenters. The zero-order valence-electron chi connectivity index (χ0n) is 13.6. The number of amides is 1. The van der Waals surface area contributed by atoms with Gasteiger partial charge in [-0.2, -0.15) is 5.26 Å². The highest BCUT2D eigenvalue weighted by Crippen LogP contribution is 2.27. The Bertz CT molecular complexity index is 948. The fraction of sp³-hybridized carbons (Fsp3) is 0.105. The molecule has 1 amide bonds. The highest BCUT2D eigenvalue weighted by Gasteiger charge is 2.07. The average molecular weight is 444 g/mol. The van der Waals surface area contributed by atoms with Gasteiger partial charge in [0.05, 0.1) is 23.1 Å². The van der Waals surface area contributed by atoms with Crippen molar-refractivity contribution in [3.63, 3.8) is 0 Å². The van der Waals surface area contributed by atoms with Crippen LogP contribution in [0.15, 0.2) is 58.4 Å². The van der Waals surface area contributed by atoms with E-state index in [4.69, 9.17) is 5.26 Å². The van der Waals surface area contributed by atoms with Crippen LogP contribution in [0.3, 0.4) is 0 Å². The van der Waals surface area contributed by atoms with Gasteiger partial charge in [-0.15, -0.1) is 23.1 Å². The summed E-state index contributed by atoms with van der Waals surface area (Å²) in [5.74, 6) is 0.969. The van der Waals surface area contributed by atoms with Gasteiger partial charge in [0, 0.05) is 26.9 Å². The zero-order valence-corrected chi connectivity index (χ0v) is 16.8. The summed E-state index contributed by atoms with van der Waals surface area (Å²) in [6, 6.07) is 16.9. The molecule has 0 aliphatic heterocycles. The van der Waals surface area contributed by atoms with Crippen molar-refractivity contribution in [3.05, 3.63) is 69.6 Å². The van der Waals surface area contributed by atoms with Gasteiger partial charge in [-0.05, 0) is 36.4 Å². The maximum absolute atomic E-state index is 12.0. The molecule has 0 radical (unpaired) electrons. The number of thioether (sulfide) groups is 1. The Morgan fingerprint density at radius 3 is 2.81 bits per heavy atom. The number of nitriles is 1. The van der Waals surface area contributed by atoms with Crippen LogP contribution in [0.2, 0.25) is 0 Å². The third-order valence-electron chi connectivity index (χ3n) is 3.40. The lowest BCUT2D eigenvalue weighted by molar-refractivity contribution is -0.113. The molecule has 3 rings (SSSR count). The molecule has 7 heteroatoms. The molecule has 1 heterocycles. The van der Waals surface area contributed by atoms with Gasteiger partial charge >= 0.3 is 0 Å². The average Bonchev–Trinajstić information content (AvgIpc) is 3.11. The molecule has 1 N–H and O–H groups in total. The molecular formula is C19H14BrN3OS2. The number of thiazole rings is 1. The van der Waals surface area contributed by atoms with Crippen LogP contribution in [-0.4, -0.2) is 16.6 Å². The molecule has 0 saturated carbocycles.